The van der Waals surface area contributed by atoms with Crippen molar-refractivity contribution in [3.63, 3.8) is 0 Å². The summed E-state index contributed by atoms with van der Waals surface area (Å²) in [4.78, 5) is 20.6. The molecule has 0 heterocycles. The lowest BCUT2D eigenvalue weighted by Crippen LogP contribution is -2.55. The number of rotatable bonds is 2. The van der Waals surface area contributed by atoms with Gasteiger partial charge in [0.2, 0.25) is 0 Å². The van der Waals surface area contributed by atoms with Crippen LogP contribution >= 0.6 is 11.6 Å². The molecule has 2 N–H and O–H groups in total. The zero-order chi connectivity index (χ0) is 9.14. The lowest BCUT2D eigenvalue weighted by Gasteiger charge is -1.94. The van der Waals surface area contributed by atoms with Crippen LogP contribution in [0.4, 0.5) is 5.69 Å². The highest BCUT2D eigenvalue weighted by Crippen LogP contribution is 2.17. The Bertz CT molecular complexity index is 337. The number of aromatic carboxylic acids is 1. The molecular formula is C7H5ClNO3+. The molecule has 0 atom stereocenters. The zero-order valence-electron chi connectivity index (χ0n) is 5.87. The Morgan fingerprint density at radius 2 is 2.17 bits per heavy atom. The largest absolute Gasteiger partial charge is 0.478 e. The minimum Gasteiger partial charge on any atom is -0.478 e. The van der Waals surface area contributed by atoms with Crippen LogP contribution in [0.2, 0.25) is 5.02 Å². The summed E-state index contributed by atoms with van der Waals surface area (Å²) in [6.45, 7) is 0. The lowest BCUT2D eigenvalue weighted by molar-refractivity contribution is -0.379. The fourth-order valence-electron chi connectivity index (χ4n) is 0.753. The van der Waals surface area contributed by atoms with Gasteiger partial charge in [-0.05, 0) is 6.07 Å². The molecule has 0 aromatic heterocycles. The predicted octanol–water partition coefficient (Wildman–Crippen LogP) is 0.517. The van der Waals surface area contributed by atoms with Crippen molar-refractivity contribution in [3.05, 3.63) is 33.7 Å². The summed E-state index contributed by atoms with van der Waals surface area (Å²) in [6.07, 6.45) is 0. The van der Waals surface area contributed by atoms with Crippen LogP contribution in [0.15, 0.2) is 18.2 Å². The number of halogens is 1. The van der Waals surface area contributed by atoms with Gasteiger partial charge in [0, 0.05) is 22.2 Å². The number of hydrogen-bond acceptors (Lipinski definition) is 2. The molecule has 0 spiro atoms. The third-order valence-electron chi connectivity index (χ3n) is 1.31. The Morgan fingerprint density at radius 1 is 1.50 bits per heavy atom. The summed E-state index contributed by atoms with van der Waals surface area (Å²) >= 11 is 5.54. The van der Waals surface area contributed by atoms with E-state index in [0.29, 0.717) is 0 Å². The molecule has 0 radical (unpaired) electrons. The van der Waals surface area contributed by atoms with Crippen LogP contribution in [0.3, 0.4) is 0 Å². The second-order valence-electron chi connectivity index (χ2n) is 2.10. The number of hydrogen-bond donors (Lipinski definition) is 2. The molecule has 0 aliphatic heterocycles. The van der Waals surface area contributed by atoms with E-state index in [4.69, 9.17) is 16.7 Å². The van der Waals surface area contributed by atoms with Crippen molar-refractivity contribution in [1.82, 2.24) is 0 Å². The lowest BCUT2D eigenvalue weighted by atomic mass is 10.2. The molecule has 0 saturated heterocycles. The second kappa shape index (κ2) is 3.32. The summed E-state index contributed by atoms with van der Waals surface area (Å²) in [5, 5.41) is 10.3. The third kappa shape index (κ3) is 1.60. The molecule has 12 heavy (non-hydrogen) atoms. The van der Waals surface area contributed by atoms with Gasteiger partial charge in [-0.15, -0.1) is 0 Å². The molecule has 0 fully saturated rings. The van der Waals surface area contributed by atoms with Crippen molar-refractivity contribution in [2.24, 2.45) is 0 Å². The van der Waals surface area contributed by atoms with E-state index >= 15 is 0 Å². The van der Waals surface area contributed by atoms with Crippen LogP contribution in [-0.2, 0) is 0 Å². The minimum absolute atomic E-state index is 0.0856. The first-order chi connectivity index (χ1) is 5.65. The van der Waals surface area contributed by atoms with Gasteiger partial charge in [0.25, 0.3) is 5.69 Å². The molecule has 1 aromatic carbocycles. The highest BCUT2D eigenvalue weighted by Gasteiger charge is 2.11. The molecule has 0 unspecified atom stereocenters. The number of nitroso groups, excluding NO2 is 1. The molecule has 0 amide bonds. The topological polar surface area (TPSA) is 68.3 Å². The van der Waals surface area contributed by atoms with Gasteiger partial charge in [-0.25, -0.2) is 4.79 Å². The number of carboxylic acids is 1. The minimum atomic E-state index is -1.16. The van der Waals surface area contributed by atoms with Crippen LogP contribution < -0.4 is 5.18 Å². The first-order valence-corrected chi connectivity index (χ1v) is 3.44. The molecule has 0 saturated carbocycles. The van der Waals surface area contributed by atoms with Gasteiger partial charge in [-0.2, -0.15) is 0 Å². The van der Waals surface area contributed by atoms with Gasteiger partial charge in [0.05, 0.1) is 10.6 Å². The van der Waals surface area contributed by atoms with Gasteiger partial charge in [-0.3, -0.25) is 0 Å². The van der Waals surface area contributed by atoms with E-state index in [2.05, 4.69) is 0 Å². The average molecular weight is 187 g/mol. The smallest absolute Gasteiger partial charge is 0.337 e. The Morgan fingerprint density at radius 3 is 2.67 bits per heavy atom. The molecule has 1 rings (SSSR count). The van der Waals surface area contributed by atoms with Crippen molar-refractivity contribution in [2.75, 3.05) is 0 Å². The fourth-order valence-corrected chi connectivity index (χ4v) is 0.951. The highest BCUT2D eigenvalue weighted by atomic mass is 35.5. The molecule has 0 bridgehead atoms. The molecule has 62 valence electrons. The Kier molecular flexibility index (Phi) is 2.40. The number of carbonyl (C=O) groups is 1. The number of benzene rings is 1. The van der Waals surface area contributed by atoms with Crippen molar-refractivity contribution in [2.45, 2.75) is 0 Å². The van der Waals surface area contributed by atoms with E-state index in [0.717, 1.165) is 0 Å². The summed E-state index contributed by atoms with van der Waals surface area (Å²) in [6, 6.07) is 3.94. The molecule has 0 aliphatic rings. The van der Waals surface area contributed by atoms with Gasteiger partial charge in [0.1, 0.15) is 0 Å². The van der Waals surface area contributed by atoms with Crippen LogP contribution in [0.1, 0.15) is 10.4 Å². The Labute approximate surface area is 72.8 Å². The van der Waals surface area contributed by atoms with Crippen LogP contribution in [0.25, 0.3) is 0 Å². The van der Waals surface area contributed by atoms with Crippen molar-refractivity contribution >= 4 is 23.3 Å². The summed E-state index contributed by atoms with van der Waals surface area (Å²) in [5.41, 5.74) is 0.0920. The average Bonchev–Trinajstić information content (AvgIpc) is 2.05. The summed E-state index contributed by atoms with van der Waals surface area (Å²) < 4.78 is 0. The molecule has 5 heteroatoms. The van der Waals surface area contributed by atoms with Crippen LogP contribution in [0.5, 0.6) is 0 Å². The third-order valence-corrected chi connectivity index (χ3v) is 1.64. The van der Waals surface area contributed by atoms with Crippen LogP contribution in [-0.4, -0.2) is 11.1 Å². The standard InChI is InChI=1S/C7H4ClNO3/c8-6-2-1-4(9-12)3-5(6)7(10)11/h1-3H,(H,10,11)/p+1. The molecule has 1 aromatic rings. The highest BCUT2D eigenvalue weighted by molar-refractivity contribution is 6.33. The van der Waals surface area contributed by atoms with Gasteiger partial charge < -0.3 is 5.11 Å². The maximum Gasteiger partial charge on any atom is 0.337 e. The SMILES string of the molecule is O=[NH+]c1ccc(Cl)c(C(=O)O)c1. The predicted molar refractivity (Wildman–Crippen MR) is 42.4 cm³/mol. The monoisotopic (exact) mass is 186 g/mol. The van der Waals surface area contributed by atoms with Crippen molar-refractivity contribution in [3.8, 4) is 0 Å². The molecular weight excluding hydrogens is 182 g/mol. The maximum absolute atomic E-state index is 10.5. The normalized spacial score (nSPS) is 9.42. The number of carboxylic acid groups (broad SMARTS) is 1. The first kappa shape index (κ1) is 8.67. The van der Waals surface area contributed by atoms with E-state index in [9.17, 15) is 9.70 Å². The van der Waals surface area contributed by atoms with Gasteiger partial charge in [0.15, 0.2) is 0 Å². The maximum atomic E-state index is 10.5. The second-order valence-corrected chi connectivity index (χ2v) is 2.51. The quantitative estimate of drug-likeness (QED) is 0.708. The van der Waals surface area contributed by atoms with E-state index in [1.165, 1.54) is 18.2 Å². The van der Waals surface area contributed by atoms with Gasteiger partial charge in [-0.1, -0.05) is 11.6 Å². The van der Waals surface area contributed by atoms with Crippen LogP contribution in [0, 0.1) is 4.91 Å². The summed E-state index contributed by atoms with van der Waals surface area (Å²) in [7, 11) is 0. The van der Waals surface area contributed by atoms with Crippen molar-refractivity contribution < 1.29 is 15.1 Å². The van der Waals surface area contributed by atoms with Gasteiger partial charge >= 0.3 is 5.97 Å². The summed E-state index contributed by atoms with van der Waals surface area (Å²) in [5.74, 6) is -1.16. The first-order valence-electron chi connectivity index (χ1n) is 3.06. The van der Waals surface area contributed by atoms with E-state index in [1.807, 2.05) is 0 Å². The van der Waals surface area contributed by atoms with E-state index in [1.54, 1.807) is 5.18 Å². The molecule has 4 nitrogen and oxygen atoms in total. The Balaban J connectivity index is 3.25. The fraction of sp³-hybridized carbons (Fsp3) is 0. The molecule has 0 aliphatic carbocycles. The zero-order valence-corrected chi connectivity index (χ0v) is 6.63. The van der Waals surface area contributed by atoms with E-state index < -0.39 is 5.97 Å². The van der Waals surface area contributed by atoms with Crippen molar-refractivity contribution in [1.29, 1.82) is 0 Å². The number of nitrogens with one attached hydrogen (secondary N) is 1. The Hall–Kier alpha value is -1.42. The van der Waals surface area contributed by atoms with E-state index in [-0.39, 0.29) is 16.3 Å².